The Morgan fingerprint density at radius 1 is 0.938 bits per heavy atom. The van der Waals surface area contributed by atoms with Crippen LogP contribution in [0.15, 0.2) is 91.0 Å². The zero-order valence-corrected chi connectivity index (χ0v) is 17.9. The van der Waals surface area contributed by atoms with Gasteiger partial charge in [-0.25, -0.2) is 0 Å². The second kappa shape index (κ2) is 8.39. The lowest BCUT2D eigenvalue weighted by Gasteiger charge is -2.23. The molecule has 4 heteroatoms. The van der Waals surface area contributed by atoms with E-state index in [-0.39, 0.29) is 23.5 Å². The van der Waals surface area contributed by atoms with Gasteiger partial charge in [0.15, 0.2) is 0 Å². The number of nitrogens with one attached hydrogen (secondary N) is 1. The van der Waals surface area contributed by atoms with Gasteiger partial charge >= 0.3 is 0 Å². The molecule has 3 atom stereocenters. The van der Waals surface area contributed by atoms with Crippen molar-refractivity contribution in [2.45, 2.75) is 18.4 Å². The predicted molar refractivity (Wildman–Crippen MR) is 126 cm³/mol. The van der Waals surface area contributed by atoms with Gasteiger partial charge in [0, 0.05) is 11.5 Å². The zero-order chi connectivity index (χ0) is 22.1. The van der Waals surface area contributed by atoms with E-state index in [1.54, 1.807) is 13.2 Å². The molecule has 5 rings (SSSR count). The number of phenolic OH excluding ortho intramolecular Hbond substituents is 1. The van der Waals surface area contributed by atoms with Crippen LogP contribution in [0, 0.1) is 5.92 Å². The third-order valence-corrected chi connectivity index (χ3v) is 6.32. The van der Waals surface area contributed by atoms with Gasteiger partial charge < -0.3 is 15.2 Å². The molecule has 1 amide bonds. The molecule has 1 aliphatic rings. The molecule has 0 aliphatic heterocycles. The van der Waals surface area contributed by atoms with E-state index in [9.17, 15) is 9.90 Å². The van der Waals surface area contributed by atoms with Crippen LogP contribution in [0.5, 0.6) is 11.5 Å². The van der Waals surface area contributed by atoms with E-state index >= 15 is 0 Å². The van der Waals surface area contributed by atoms with Crippen LogP contribution in [-0.4, -0.2) is 18.1 Å². The van der Waals surface area contributed by atoms with Gasteiger partial charge in [-0.1, -0.05) is 78.9 Å². The largest absolute Gasteiger partial charge is 0.508 e. The Balaban J connectivity index is 1.49. The van der Waals surface area contributed by atoms with Crippen molar-refractivity contribution in [2.75, 3.05) is 7.11 Å². The van der Waals surface area contributed by atoms with E-state index in [4.69, 9.17) is 4.74 Å². The second-order valence-corrected chi connectivity index (χ2v) is 8.26. The summed E-state index contributed by atoms with van der Waals surface area (Å²) >= 11 is 0. The average Bonchev–Trinajstić information content (AvgIpc) is 3.64. The van der Waals surface area contributed by atoms with Crippen molar-refractivity contribution in [2.24, 2.45) is 5.92 Å². The number of carbonyl (C=O) groups is 1. The Kier molecular flexibility index (Phi) is 5.28. The van der Waals surface area contributed by atoms with Crippen molar-refractivity contribution in [3.05, 3.63) is 108 Å². The van der Waals surface area contributed by atoms with Crippen molar-refractivity contribution in [3.63, 3.8) is 0 Å². The number of ether oxygens (including phenoxy) is 1. The molecule has 1 aliphatic carbocycles. The Morgan fingerprint density at radius 3 is 2.47 bits per heavy atom. The summed E-state index contributed by atoms with van der Waals surface area (Å²) in [6.07, 6.45) is 0.787. The summed E-state index contributed by atoms with van der Waals surface area (Å²) in [5, 5.41) is 16.0. The van der Waals surface area contributed by atoms with E-state index in [1.165, 1.54) is 0 Å². The van der Waals surface area contributed by atoms with Gasteiger partial charge in [-0.15, -0.1) is 0 Å². The Hall–Kier alpha value is -3.79. The van der Waals surface area contributed by atoms with E-state index in [0.717, 1.165) is 39.6 Å². The number of aromatic hydroxyl groups is 1. The SMILES string of the molecule is COc1ccccc1[C@@H]1C[C@@H]1C(=O)N[C@@H](c1ccccc1)c1c(O)ccc2ccccc12. The number of hydrogen-bond acceptors (Lipinski definition) is 3. The normalized spacial score (nSPS) is 18.2. The number of hydrogen-bond donors (Lipinski definition) is 2. The fraction of sp³-hybridized carbons (Fsp3) is 0.179. The molecule has 0 radical (unpaired) electrons. The van der Waals surface area contributed by atoms with Crippen LogP contribution in [0.25, 0.3) is 10.8 Å². The van der Waals surface area contributed by atoms with Crippen molar-refractivity contribution >= 4 is 16.7 Å². The smallest absolute Gasteiger partial charge is 0.224 e. The number of amides is 1. The van der Waals surface area contributed by atoms with Gasteiger partial charge in [0.2, 0.25) is 5.91 Å². The van der Waals surface area contributed by atoms with Crippen LogP contribution >= 0.6 is 0 Å². The molecule has 0 bridgehead atoms. The minimum atomic E-state index is -0.450. The zero-order valence-electron chi connectivity index (χ0n) is 17.9. The molecule has 4 aromatic rings. The number of benzene rings is 4. The third-order valence-electron chi connectivity index (χ3n) is 6.32. The van der Waals surface area contributed by atoms with Crippen molar-refractivity contribution in [1.29, 1.82) is 0 Å². The minimum Gasteiger partial charge on any atom is -0.508 e. The lowest BCUT2D eigenvalue weighted by atomic mass is 9.92. The highest BCUT2D eigenvalue weighted by atomic mass is 16.5. The molecule has 4 nitrogen and oxygen atoms in total. The standard InChI is InChI=1S/C28H25NO3/c1-32-25-14-8-7-13-21(25)22-17-23(22)28(31)29-27(19-10-3-2-4-11-19)26-20-12-6-5-9-18(20)15-16-24(26)30/h2-16,22-23,27,30H,17H2,1H3,(H,29,31)/t22-,23-,27-/m0/s1. The molecule has 1 fully saturated rings. The summed E-state index contributed by atoms with van der Waals surface area (Å²) in [7, 11) is 1.66. The van der Waals surface area contributed by atoms with Crippen molar-refractivity contribution in [1.82, 2.24) is 5.32 Å². The van der Waals surface area contributed by atoms with Crippen LogP contribution in [0.3, 0.4) is 0 Å². The molecule has 4 aromatic carbocycles. The fourth-order valence-corrected chi connectivity index (χ4v) is 4.61. The summed E-state index contributed by atoms with van der Waals surface area (Å²) in [6, 6.07) is 28.8. The molecule has 0 heterocycles. The molecule has 0 unspecified atom stereocenters. The lowest BCUT2D eigenvalue weighted by molar-refractivity contribution is -0.122. The first-order valence-corrected chi connectivity index (χ1v) is 10.9. The van der Waals surface area contributed by atoms with Crippen LogP contribution in [0.1, 0.15) is 35.1 Å². The van der Waals surface area contributed by atoms with Gasteiger partial charge in [-0.2, -0.15) is 0 Å². The molecule has 1 saturated carbocycles. The molecular formula is C28H25NO3. The topological polar surface area (TPSA) is 58.6 Å². The van der Waals surface area contributed by atoms with Gasteiger partial charge in [0.25, 0.3) is 0 Å². The molecular weight excluding hydrogens is 398 g/mol. The van der Waals surface area contributed by atoms with Crippen molar-refractivity contribution < 1.29 is 14.6 Å². The van der Waals surface area contributed by atoms with E-state index in [1.807, 2.05) is 84.9 Å². The first-order valence-electron chi connectivity index (χ1n) is 10.9. The molecule has 32 heavy (non-hydrogen) atoms. The number of rotatable bonds is 6. The molecule has 2 N–H and O–H groups in total. The summed E-state index contributed by atoms with van der Waals surface area (Å²) < 4.78 is 5.49. The molecule has 0 saturated heterocycles. The van der Waals surface area contributed by atoms with Crippen molar-refractivity contribution in [3.8, 4) is 11.5 Å². The lowest BCUT2D eigenvalue weighted by Crippen LogP contribution is -2.31. The number of para-hydroxylation sites is 1. The quantitative estimate of drug-likeness (QED) is 0.427. The maximum atomic E-state index is 13.4. The molecule has 0 spiro atoms. The predicted octanol–water partition coefficient (Wildman–Crippen LogP) is 5.56. The first-order chi connectivity index (χ1) is 15.7. The van der Waals surface area contributed by atoms with Gasteiger partial charge in [0.1, 0.15) is 11.5 Å². The Labute approximate surface area is 187 Å². The van der Waals surface area contributed by atoms with E-state index < -0.39 is 6.04 Å². The summed E-state index contributed by atoms with van der Waals surface area (Å²) in [4.78, 5) is 13.4. The average molecular weight is 424 g/mol. The maximum Gasteiger partial charge on any atom is 0.224 e. The number of fused-ring (bicyclic) bond motifs is 1. The molecule has 160 valence electrons. The maximum absolute atomic E-state index is 13.4. The van der Waals surface area contributed by atoms with Crippen LogP contribution in [-0.2, 0) is 4.79 Å². The van der Waals surface area contributed by atoms with Gasteiger partial charge in [-0.05, 0) is 46.4 Å². The summed E-state index contributed by atoms with van der Waals surface area (Å²) in [6.45, 7) is 0. The van der Waals surface area contributed by atoms with Gasteiger partial charge in [-0.3, -0.25) is 4.79 Å². The summed E-state index contributed by atoms with van der Waals surface area (Å²) in [5.41, 5.74) is 2.72. The van der Waals surface area contributed by atoms with Gasteiger partial charge in [0.05, 0.1) is 13.2 Å². The monoisotopic (exact) mass is 423 g/mol. The highest BCUT2D eigenvalue weighted by Crippen LogP contribution is 2.51. The second-order valence-electron chi connectivity index (χ2n) is 8.26. The highest BCUT2D eigenvalue weighted by Gasteiger charge is 2.46. The Morgan fingerprint density at radius 2 is 1.66 bits per heavy atom. The number of carbonyl (C=O) groups excluding carboxylic acids is 1. The minimum absolute atomic E-state index is 0.0120. The fourth-order valence-electron chi connectivity index (χ4n) is 4.61. The molecule has 0 aromatic heterocycles. The highest BCUT2D eigenvalue weighted by molar-refractivity contribution is 5.90. The summed E-state index contributed by atoms with van der Waals surface area (Å²) in [5.74, 6) is 1.01. The number of phenols is 1. The number of methoxy groups -OCH3 is 1. The van der Waals surface area contributed by atoms with Crippen LogP contribution in [0.4, 0.5) is 0 Å². The third kappa shape index (κ3) is 3.69. The Bertz CT molecular complexity index is 1270. The van der Waals surface area contributed by atoms with E-state index in [0.29, 0.717) is 0 Å². The van der Waals surface area contributed by atoms with Crippen LogP contribution < -0.4 is 10.1 Å². The van der Waals surface area contributed by atoms with Crippen LogP contribution in [0.2, 0.25) is 0 Å². The first kappa shape index (κ1) is 20.1. The van der Waals surface area contributed by atoms with E-state index in [2.05, 4.69) is 5.32 Å².